The summed E-state index contributed by atoms with van der Waals surface area (Å²) in [5, 5.41) is 2.51. The normalized spacial score (nSPS) is 14.9. The van der Waals surface area contributed by atoms with Gasteiger partial charge in [0.15, 0.2) is 6.61 Å². The summed E-state index contributed by atoms with van der Waals surface area (Å²) in [5.74, 6) is -1.96. The molecule has 0 heterocycles. The van der Waals surface area contributed by atoms with Crippen LogP contribution in [0.2, 0.25) is 0 Å². The molecule has 0 spiro atoms. The molecule has 7 nitrogen and oxygen atoms in total. The average molecular weight is 449 g/mol. The minimum Gasteiger partial charge on any atom is -0.452 e. The highest BCUT2D eigenvalue weighted by molar-refractivity contribution is 7.89. The summed E-state index contributed by atoms with van der Waals surface area (Å²) >= 11 is 0. The summed E-state index contributed by atoms with van der Waals surface area (Å²) in [6.45, 7) is -0.608. The first-order valence-corrected chi connectivity index (χ1v) is 11.5. The maximum absolute atomic E-state index is 13.2. The second kappa shape index (κ2) is 10.0. The number of esters is 1. The zero-order valence-electron chi connectivity index (χ0n) is 17.2. The molecule has 1 saturated carbocycles. The number of anilines is 1. The molecule has 1 aliphatic rings. The fraction of sp³-hybridized carbons (Fsp3) is 0.364. The van der Waals surface area contributed by atoms with Gasteiger partial charge in [0.1, 0.15) is 10.7 Å². The standard InChI is InChI=1S/C22H25FN2O5S/c1-25(18-7-3-2-4-8-18)31(28,29)20-10-6-5-9-19(20)24-21(26)15-30-22(27)16-11-13-17(23)14-12-16/h5-6,9-14,18H,2-4,7-8,15H2,1H3,(H,24,26). The average Bonchev–Trinajstić information content (AvgIpc) is 2.78. The van der Waals surface area contributed by atoms with Crippen molar-refractivity contribution in [1.82, 2.24) is 4.31 Å². The lowest BCUT2D eigenvalue weighted by molar-refractivity contribution is -0.119. The van der Waals surface area contributed by atoms with Gasteiger partial charge in [-0.3, -0.25) is 4.79 Å². The number of amides is 1. The van der Waals surface area contributed by atoms with Gasteiger partial charge < -0.3 is 10.1 Å². The van der Waals surface area contributed by atoms with Gasteiger partial charge in [-0.1, -0.05) is 31.4 Å². The Labute approximate surface area is 181 Å². The van der Waals surface area contributed by atoms with Gasteiger partial charge in [0, 0.05) is 13.1 Å². The number of halogens is 1. The Balaban J connectivity index is 1.67. The highest BCUT2D eigenvalue weighted by Gasteiger charge is 2.31. The monoisotopic (exact) mass is 448 g/mol. The van der Waals surface area contributed by atoms with Crippen LogP contribution >= 0.6 is 0 Å². The number of carbonyl (C=O) groups is 2. The molecule has 0 saturated heterocycles. The highest BCUT2D eigenvalue weighted by atomic mass is 32.2. The van der Waals surface area contributed by atoms with Crippen LogP contribution in [0.5, 0.6) is 0 Å². The Kier molecular flexibility index (Phi) is 7.40. The van der Waals surface area contributed by atoms with Crippen LogP contribution in [0.15, 0.2) is 53.4 Å². The molecule has 9 heteroatoms. The summed E-state index contributed by atoms with van der Waals surface area (Å²) in [6.07, 6.45) is 4.70. The van der Waals surface area contributed by atoms with Crippen molar-refractivity contribution < 1.29 is 27.1 Å². The van der Waals surface area contributed by atoms with Crippen LogP contribution < -0.4 is 5.32 Å². The number of nitrogens with one attached hydrogen (secondary N) is 1. The Bertz CT molecular complexity index is 1030. The zero-order valence-corrected chi connectivity index (χ0v) is 18.0. The van der Waals surface area contributed by atoms with Crippen molar-refractivity contribution in [1.29, 1.82) is 0 Å². The molecule has 0 radical (unpaired) electrons. The van der Waals surface area contributed by atoms with Gasteiger partial charge in [-0.15, -0.1) is 0 Å². The first-order chi connectivity index (χ1) is 14.8. The molecule has 31 heavy (non-hydrogen) atoms. The second-order valence-corrected chi connectivity index (χ2v) is 9.41. The van der Waals surface area contributed by atoms with E-state index in [1.54, 1.807) is 19.2 Å². The fourth-order valence-electron chi connectivity index (χ4n) is 3.58. The van der Waals surface area contributed by atoms with E-state index in [-0.39, 0.29) is 22.2 Å². The molecule has 1 fully saturated rings. The number of carbonyl (C=O) groups excluding carboxylic acids is 2. The van der Waals surface area contributed by atoms with E-state index in [2.05, 4.69) is 5.32 Å². The number of hydrogen-bond donors (Lipinski definition) is 1. The van der Waals surface area contributed by atoms with E-state index in [1.165, 1.54) is 28.6 Å². The van der Waals surface area contributed by atoms with E-state index < -0.39 is 34.3 Å². The van der Waals surface area contributed by atoms with Crippen LogP contribution in [0.25, 0.3) is 0 Å². The maximum atomic E-state index is 13.2. The molecule has 0 aromatic heterocycles. The van der Waals surface area contributed by atoms with Crippen molar-refractivity contribution in [3.63, 3.8) is 0 Å². The number of nitrogens with zero attached hydrogens (tertiary/aromatic N) is 1. The topological polar surface area (TPSA) is 92.8 Å². The Morgan fingerprint density at radius 3 is 2.39 bits per heavy atom. The summed E-state index contributed by atoms with van der Waals surface area (Å²) in [4.78, 5) is 24.3. The first kappa shape index (κ1) is 22.9. The molecule has 0 aliphatic heterocycles. The smallest absolute Gasteiger partial charge is 0.338 e. The number of ether oxygens (including phenoxy) is 1. The SMILES string of the molecule is CN(C1CCCCC1)S(=O)(=O)c1ccccc1NC(=O)COC(=O)c1ccc(F)cc1. The lowest BCUT2D eigenvalue weighted by Crippen LogP contribution is -2.38. The van der Waals surface area contributed by atoms with Crippen molar-refractivity contribution in [2.75, 3.05) is 19.0 Å². The van der Waals surface area contributed by atoms with E-state index in [4.69, 9.17) is 4.74 Å². The van der Waals surface area contributed by atoms with Crippen molar-refractivity contribution in [3.05, 3.63) is 59.9 Å². The van der Waals surface area contributed by atoms with Gasteiger partial charge in [-0.05, 0) is 49.2 Å². The number of benzene rings is 2. The van der Waals surface area contributed by atoms with Gasteiger partial charge in [-0.25, -0.2) is 17.6 Å². The van der Waals surface area contributed by atoms with Crippen molar-refractivity contribution in [2.24, 2.45) is 0 Å². The molecule has 166 valence electrons. The van der Waals surface area contributed by atoms with E-state index in [9.17, 15) is 22.4 Å². The molecule has 1 N–H and O–H groups in total. The molecule has 0 unspecified atom stereocenters. The minimum absolute atomic E-state index is 0.0127. The van der Waals surface area contributed by atoms with Crippen LogP contribution in [-0.4, -0.2) is 44.3 Å². The van der Waals surface area contributed by atoms with Crippen LogP contribution in [-0.2, 0) is 19.6 Å². The summed E-state index contributed by atoms with van der Waals surface area (Å²) in [6, 6.07) is 10.8. The highest BCUT2D eigenvalue weighted by Crippen LogP contribution is 2.29. The number of sulfonamides is 1. The van der Waals surface area contributed by atoms with Crippen molar-refractivity contribution in [2.45, 2.75) is 43.0 Å². The van der Waals surface area contributed by atoms with Crippen LogP contribution in [0.4, 0.5) is 10.1 Å². The van der Waals surface area contributed by atoms with Crippen molar-refractivity contribution >= 4 is 27.6 Å². The molecule has 1 aliphatic carbocycles. The zero-order chi connectivity index (χ0) is 22.4. The summed E-state index contributed by atoms with van der Waals surface area (Å²) in [7, 11) is -2.25. The third kappa shape index (κ3) is 5.68. The van der Waals surface area contributed by atoms with Gasteiger partial charge in [0.25, 0.3) is 5.91 Å². The number of para-hydroxylation sites is 1. The predicted molar refractivity (Wildman–Crippen MR) is 114 cm³/mol. The molecule has 0 atom stereocenters. The van der Waals surface area contributed by atoms with Gasteiger partial charge in [0.05, 0.1) is 11.3 Å². The number of hydrogen-bond acceptors (Lipinski definition) is 5. The molecule has 2 aromatic carbocycles. The Hall–Kier alpha value is -2.78. The molecule has 0 bridgehead atoms. The first-order valence-electron chi connectivity index (χ1n) is 10.1. The van der Waals surface area contributed by atoms with E-state index in [1.807, 2.05) is 0 Å². The van der Waals surface area contributed by atoms with Crippen LogP contribution in [0, 0.1) is 5.82 Å². The molecule has 2 aromatic rings. The maximum Gasteiger partial charge on any atom is 0.338 e. The van der Waals surface area contributed by atoms with E-state index >= 15 is 0 Å². The molecule has 3 rings (SSSR count). The van der Waals surface area contributed by atoms with E-state index in [0.717, 1.165) is 44.2 Å². The van der Waals surface area contributed by atoms with Gasteiger partial charge in [0.2, 0.25) is 10.0 Å². The lowest BCUT2D eigenvalue weighted by Gasteiger charge is -2.30. The largest absolute Gasteiger partial charge is 0.452 e. The lowest BCUT2D eigenvalue weighted by atomic mass is 9.96. The second-order valence-electron chi connectivity index (χ2n) is 7.44. The number of rotatable bonds is 7. The van der Waals surface area contributed by atoms with E-state index in [0.29, 0.717) is 0 Å². The quantitative estimate of drug-likeness (QED) is 0.654. The summed E-state index contributed by atoms with van der Waals surface area (Å²) < 4.78 is 45.6. The Morgan fingerprint density at radius 1 is 1.06 bits per heavy atom. The summed E-state index contributed by atoms with van der Waals surface area (Å²) in [5.41, 5.74) is 0.222. The fourth-order valence-corrected chi connectivity index (χ4v) is 5.14. The molecular formula is C22H25FN2O5S. The molecular weight excluding hydrogens is 423 g/mol. The van der Waals surface area contributed by atoms with Gasteiger partial charge in [-0.2, -0.15) is 4.31 Å². The van der Waals surface area contributed by atoms with Crippen molar-refractivity contribution in [3.8, 4) is 0 Å². The minimum atomic E-state index is -3.82. The Morgan fingerprint density at radius 2 is 1.71 bits per heavy atom. The third-order valence-corrected chi connectivity index (χ3v) is 7.29. The third-order valence-electron chi connectivity index (χ3n) is 5.32. The van der Waals surface area contributed by atoms with Gasteiger partial charge >= 0.3 is 5.97 Å². The van der Waals surface area contributed by atoms with Crippen LogP contribution in [0.3, 0.4) is 0 Å². The molecule has 1 amide bonds. The van der Waals surface area contributed by atoms with Crippen LogP contribution in [0.1, 0.15) is 42.5 Å². The predicted octanol–water partition coefficient (Wildman–Crippen LogP) is 3.57.